The fourth-order valence-corrected chi connectivity index (χ4v) is 1.46. The molecule has 1 aliphatic heterocycles. The molecule has 1 atom stereocenters. The van der Waals surface area contributed by atoms with Gasteiger partial charge in [-0.1, -0.05) is 22.5 Å². The fraction of sp³-hybridized carbons (Fsp3) is 0.556. The second-order valence-electron chi connectivity index (χ2n) is 3.51. The molecule has 0 aliphatic carbocycles. The third-order valence-electron chi connectivity index (χ3n) is 2.22. The first-order valence-corrected chi connectivity index (χ1v) is 5.46. The minimum atomic E-state index is -1.31. The van der Waals surface area contributed by atoms with Crippen LogP contribution in [0.3, 0.4) is 0 Å². The number of rotatable bonds is 4. The first-order chi connectivity index (χ1) is 7.46. The largest absolute Gasteiger partial charge is 0.479 e. The third-order valence-corrected chi connectivity index (χ3v) is 2.50. The number of hydrogen-bond donors (Lipinski definition) is 3. The van der Waals surface area contributed by atoms with Crippen molar-refractivity contribution in [2.75, 3.05) is 19.8 Å². The van der Waals surface area contributed by atoms with Crippen LogP contribution in [0, 0.1) is 0 Å². The maximum absolute atomic E-state index is 11.4. The number of urea groups is 1. The van der Waals surface area contributed by atoms with Crippen LogP contribution in [0.4, 0.5) is 4.79 Å². The Morgan fingerprint density at radius 1 is 1.56 bits per heavy atom. The molecule has 1 heterocycles. The van der Waals surface area contributed by atoms with Gasteiger partial charge < -0.3 is 20.5 Å². The highest BCUT2D eigenvalue weighted by atomic mass is 79.9. The molecular formula is C9H13BrN2O4. The van der Waals surface area contributed by atoms with Crippen molar-refractivity contribution in [2.24, 2.45) is 0 Å². The number of carbonyl (C=O) groups is 2. The van der Waals surface area contributed by atoms with Gasteiger partial charge in [0.25, 0.3) is 0 Å². The van der Waals surface area contributed by atoms with E-state index in [4.69, 9.17) is 9.84 Å². The number of hydrogen-bond acceptors (Lipinski definition) is 3. The Balaban J connectivity index is 2.52. The normalized spacial score (nSPS) is 23.8. The highest BCUT2D eigenvalue weighted by Crippen LogP contribution is 2.18. The Kier molecular flexibility index (Phi) is 4.31. The van der Waals surface area contributed by atoms with Crippen molar-refractivity contribution < 1.29 is 19.4 Å². The van der Waals surface area contributed by atoms with Gasteiger partial charge >= 0.3 is 12.0 Å². The lowest BCUT2D eigenvalue weighted by atomic mass is 9.99. The van der Waals surface area contributed by atoms with Crippen molar-refractivity contribution in [3.8, 4) is 0 Å². The molecule has 0 aromatic carbocycles. The van der Waals surface area contributed by atoms with Crippen molar-refractivity contribution in [1.82, 2.24) is 10.6 Å². The predicted molar refractivity (Wildman–Crippen MR) is 60.4 cm³/mol. The van der Waals surface area contributed by atoms with Crippen LogP contribution in [-0.2, 0) is 9.53 Å². The number of carboxylic acid groups (broad SMARTS) is 1. The predicted octanol–water partition coefficient (Wildman–Crippen LogP) is 0.438. The standard InChI is InChI=1S/C9H13BrN2O4/c1-6(10)4-11-8(15)12-9(7(13)14)2-3-16-5-9/h1-5H2,(H,13,14)(H2,11,12,15). The Labute approximate surface area is 101 Å². The number of carboxylic acids is 1. The quantitative estimate of drug-likeness (QED) is 0.702. The van der Waals surface area contributed by atoms with E-state index < -0.39 is 17.5 Å². The summed E-state index contributed by atoms with van der Waals surface area (Å²) in [6, 6.07) is -0.548. The number of ether oxygens (including phenoxy) is 1. The average Bonchev–Trinajstić information content (AvgIpc) is 2.64. The second-order valence-corrected chi connectivity index (χ2v) is 4.64. The van der Waals surface area contributed by atoms with Crippen LogP contribution < -0.4 is 10.6 Å². The summed E-state index contributed by atoms with van der Waals surface area (Å²) in [5, 5.41) is 13.9. The highest BCUT2D eigenvalue weighted by Gasteiger charge is 2.43. The van der Waals surface area contributed by atoms with Gasteiger partial charge in [-0.05, 0) is 0 Å². The molecule has 0 radical (unpaired) electrons. The van der Waals surface area contributed by atoms with Gasteiger partial charge in [0.1, 0.15) is 0 Å². The van der Waals surface area contributed by atoms with Crippen LogP contribution in [0.1, 0.15) is 6.42 Å². The smallest absolute Gasteiger partial charge is 0.332 e. The molecule has 3 N–H and O–H groups in total. The molecule has 2 amide bonds. The van der Waals surface area contributed by atoms with Gasteiger partial charge in [0, 0.05) is 17.5 Å². The maximum Gasteiger partial charge on any atom is 0.332 e. The number of aliphatic carboxylic acids is 1. The monoisotopic (exact) mass is 292 g/mol. The number of amides is 2. The second kappa shape index (κ2) is 5.31. The zero-order chi connectivity index (χ0) is 12.2. The average molecular weight is 293 g/mol. The van der Waals surface area contributed by atoms with E-state index in [1.807, 2.05) is 0 Å². The summed E-state index contributed by atoms with van der Waals surface area (Å²) in [7, 11) is 0. The van der Waals surface area contributed by atoms with Gasteiger partial charge in [-0.25, -0.2) is 9.59 Å². The Morgan fingerprint density at radius 2 is 2.25 bits per heavy atom. The van der Waals surface area contributed by atoms with Crippen LogP contribution in [0.25, 0.3) is 0 Å². The summed E-state index contributed by atoms with van der Waals surface area (Å²) >= 11 is 3.08. The van der Waals surface area contributed by atoms with Crippen molar-refractivity contribution in [3.63, 3.8) is 0 Å². The van der Waals surface area contributed by atoms with Crippen LogP contribution in [-0.4, -0.2) is 42.4 Å². The molecular weight excluding hydrogens is 280 g/mol. The molecule has 0 saturated carbocycles. The van der Waals surface area contributed by atoms with E-state index in [9.17, 15) is 9.59 Å². The van der Waals surface area contributed by atoms with Gasteiger partial charge in [-0.2, -0.15) is 0 Å². The van der Waals surface area contributed by atoms with E-state index in [1.54, 1.807) is 0 Å². The molecule has 1 aliphatic rings. The number of carbonyl (C=O) groups excluding carboxylic acids is 1. The lowest BCUT2D eigenvalue weighted by molar-refractivity contribution is -0.144. The van der Waals surface area contributed by atoms with Crippen molar-refractivity contribution in [3.05, 3.63) is 11.1 Å². The topological polar surface area (TPSA) is 87.7 Å². The summed E-state index contributed by atoms with van der Waals surface area (Å²) < 4.78 is 5.60. The van der Waals surface area contributed by atoms with Gasteiger partial charge in [-0.15, -0.1) is 0 Å². The number of nitrogens with one attached hydrogen (secondary N) is 2. The van der Waals surface area contributed by atoms with E-state index >= 15 is 0 Å². The highest BCUT2D eigenvalue weighted by molar-refractivity contribution is 9.11. The Hall–Kier alpha value is -1.08. The van der Waals surface area contributed by atoms with Crippen molar-refractivity contribution in [2.45, 2.75) is 12.0 Å². The van der Waals surface area contributed by atoms with E-state index in [0.29, 0.717) is 11.1 Å². The van der Waals surface area contributed by atoms with Crippen molar-refractivity contribution in [1.29, 1.82) is 0 Å². The molecule has 1 unspecified atom stereocenters. The van der Waals surface area contributed by atoms with Crippen LogP contribution in [0.5, 0.6) is 0 Å². The van der Waals surface area contributed by atoms with E-state index in [-0.39, 0.29) is 19.6 Å². The molecule has 90 valence electrons. The van der Waals surface area contributed by atoms with Gasteiger partial charge in [-0.3, -0.25) is 0 Å². The van der Waals surface area contributed by atoms with Crippen LogP contribution in [0.2, 0.25) is 0 Å². The molecule has 0 aromatic heterocycles. The summed E-state index contributed by atoms with van der Waals surface area (Å²) in [5.41, 5.74) is -1.31. The van der Waals surface area contributed by atoms with Crippen LogP contribution >= 0.6 is 15.9 Å². The van der Waals surface area contributed by atoms with E-state index in [2.05, 4.69) is 33.1 Å². The Bertz CT molecular complexity index is 313. The van der Waals surface area contributed by atoms with Gasteiger partial charge in [0.05, 0.1) is 13.2 Å². The lowest BCUT2D eigenvalue weighted by Gasteiger charge is -2.23. The zero-order valence-electron chi connectivity index (χ0n) is 8.59. The van der Waals surface area contributed by atoms with Gasteiger partial charge in [0.15, 0.2) is 5.54 Å². The molecule has 1 rings (SSSR count). The summed E-state index contributed by atoms with van der Waals surface area (Å²) in [5.74, 6) is -1.09. The Morgan fingerprint density at radius 3 is 2.69 bits per heavy atom. The number of halogens is 1. The first-order valence-electron chi connectivity index (χ1n) is 4.67. The molecule has 16 heavy (non-hydrogen) atoms. The molecule has 1 saturated heterocycles. The first kappa shape index (κ1) is 13.0. The van der Waals surface area contributed by atoms with Gasteiger partial charge in [0.2, 0.25) is 0 Å². The maximum atomic E-state index is 11.4. The minimum Gasteiger partial charge on any atom is -0.479 e. The summed E-state index contributed by atoms with van der Waals surface area (Å²) in [6.07, 6.45) is 0.269. The lowest BCUT2D eigenvalue weighted by Crippen LogP contribution is -2.57. The van der Waals surface area contributed by atoms with E-state index in [0.717, 1.165) is 0 Å². The fourth-order valence-electron chi connectivity index (χ4n) is 1.32. The third kappa shape index (κ3) is 3.21. The summed E-state index contributed by atoms with van der Waals surface area (Å²) in [6.45, 7) is 4.11. The molecule has 0 spiro atoms. The van der Waals surface area contributed by atoms with Crippen molar-refractivity contribution >= 4 is 27.9 Å². The molecule has 0 bridgehead atoms. The molecule has 0 aromatic rings. The molecule has 6 nitrogen and oxygen atoms in total. The zero-order valence-corrected chi connectivity index (χ0v) is 10.2. The summed E-state index contributed by atoms with van der Waals surface area (Å²) in [4.78, 5) is 22.5. The SMILES string of the molecule is C=C(Br)CNC(=O)NC1(C(=O)O)CCOC1. The minimum absolute atomic E-state index is 0.00892. The molecule has 7 heteroatoms. The molecule has 1 fully saturated rings. The van der Waals surface area contributed by atoms with E-state index in [1.165, 1.54) is 0 Å². The van der Waals surface area contributed by atoms with Crippen LogP contribution in [0.15, 0.2) is 11.1 Å².